The SMILES string of the molecule is CCc1ccc(C(=N\O)/C(=N/O)c2ccc(CC)cc2)cc1. The maximum Gasteiger partial charge on any atom is 0.139 e. The topological polar surface area (TPSA) is 65.2 Å². The first-order valence-corrected chi connectivity index (χ1v) is 7.36. The minimum atomic E-state index is 0.245. The summed E-state index contributed by atoms with van der Waals surface area (Å²) in [5.41, 5.74) is 4.27. The number of aryl methyl sites for hydroxylation is 2. The highest BCUT2D eigenvalue weighted by Crippen LogP contribution is 2.13. The molecule has 0 spiro atoms. The molecule has 0 saturated carbocycles. The van der Waals surface area contributed by atoms with E-state index >= 15 is 0 Å². The molecule has 0 fully saturated rings. The Morgan fingerprint density at radius 2 is 1.00 bits per heavy atom. The van der Waals surface area contributed by atoms with Crippen LogP contribution in [0.1, 0.15) is 36.1 Å². The van der Waals surface area contributed by atoms with Crippen molar-refractivity contribution in [1.82, 2.24) is 0 Å². The highest BCUT2D eigenvalue weighted by atomic mass is 16.4. The Morgan fingerprint density at radius 3 is 1.23 bits per heavy atom. The first-order chi connectivity index (χ1) is 10.7. The summed E-state index contributed by atoms with van der Waals surface area (Å²) in [6.45, 7) is 4.15. The number of nitrogens with zero attached hydrogens (tertiary/aromatic N) is 2. The Kier molecular flexibility index (Phi) is 5.31. The van der Waals surface area contributed by atoms with Gasteiger partial charge in [-0.3, -0.25) is 0 Å². The van der Waals surface area contributed by atoms with Crippen LogP contribution in [0.5, 0.6) is 0 Å². The molecule has 0 saturated heterocycles. The minimum absolute atomic E-state index is 0.245. The van der Waals surface area contributed by atoms with Crippen LogP contribution in [-0.2, 0) is 12.8 Å². The van der Waals surface area contributed by atoms with Crippen molar-refractivity contribution in [2.24, 2.45) is 10.3 Å². The van der Waals surface area contributed by atoms with Crippen LogP contribution in [0.2, 0.25) is 0 Å². The minimum Gasteiger partial charge on any atom is -0.410 e. The van der Waals surface area contributed by atoms with E-state index in [0.29, 0.717) is 11.1 Å². The molecule has 0 aliphatic rings. The van der Waals surface area contributed by atoms with Crippen LogP contribution in [0.25, 0.3) is 0 Å². The van der Waals surface area contributed by atoms with E-state index in [-0.39, 0.29) is 11.4 Å². The van der Waals surface area contributed by atoms with Crippen molar-refractivity contribution in [2.45, 2.75) is 26.7 Å². The van der Waals surface area contributed by atoms with Crippen molar-refractivity contribution >= 4 is 11.4 Å². The van der Waals surface area contributed by atoms with Crippen LogP contribution in [0, 0.1) is 0 Å². The van der Waals surface area contributed by atoms with Gasteiger partial charge < -0.3 is 10.4 Å². The molecule has 0 heterocycles. The average molecular weight is 296 g/mol. The first-order valence-electron chi connectivity index (χ1n) is 7.36. The Bertz CT molecular complexity index is 610. The maximum atomic E-state index is 9.37. The zero-order valence-corrected chi connectivity index (χ0v) is 12.8. The molecule has 22 heavy (non-hydrogen) atoms. The van der Waals surface area contributed by atoms with Gasteiger partial charge in [-0.15, -0.1) is 0 Å². The summed E-state index contributed by atoms with van der Waals surface area (Å²) in [4.78, 5) is 0. The molecule has 0 amide bonds. The number of oxime groups is 2. The largest absolute Gasteiger partial charge is 0.410 e. The van der Waals surface area contributed by atoms with E-state index in [4.69, 9.17) is 0 Å². The molecule has 2 aromatic carbocycles. The molecule has 0 aliphatic heterocycles. The summed E-state index contributed by atoms with van der Waals surface area (Å²) in [7, 11) is 0. The number of benzene rings is 2. The van der Waals surface area contributed by atoms with Gasteiger partial charge in [0.25, 0.3) is 0 Å². The fraction of sp³-hybridized carbons (Fsp3) is 0.222. The van der Waals surface area contributed by atoms with Crippen molar-refractivity contribution < 1.29 is 10.4 Å². The van der Waals surface area contributed by atoms with Crippen molar-refractivity contribution in [2.75, 3.05) is 0 Å². The zero-order valence-electron chi connectivity index (χ0n) is 12.8. The van der Waals surface area contributed by atoms with Gasteiger partial charge in [-0.2, -0.15) is 0 Å². The molecular weight excluding hydrogens is 276 g/mol. The van der Waals surface area contributed by atoms with E-state index in [0.717, 1.165) is 12.8 Å². The molecule has 0 aliphatic carbocycles. The summed E-state index contributed by atoms with van der Waals surface area (Å²) in [6, 6.07) is 15.3. The van der Waals surface area contributed by atoms with E-state index < -0.39 is 0 Å². The molecule has 114 valence electrons. The zero-order chi connectivity index (χ0) is 15.9. The van der Waals surface area contributed by atoms with Gasteiger partial charge >= 0.3 is 0 Å². The van der Waals surface area contributed by atoms with Gasteiger partial charge in [0.2, 0.25) is 0 Å². The fourth-order valence-corrected chi connectivity index (χ4v) is 2.28. The third kappa shape index (κ3) is 3.34. The molecule has 0 radical (unpaired) electrons. The van der Waals surface area contributed by atoms with Crippen molar-refractivity contribution in [3.8, 4) is 0 Å². The fourth-order valence-electron chi connectivity index (χ4n) is 2.28. The lowest BCUT2D eigenvalue weighted by Gasteiger charge is -2.09. The predicted molar refractivity (Wildman–Crippen MR) is 88.3 cm³/mol. The van der Waals surface area contributed by atoms with Gasteiger partial charge in [0, 0.05) is 11.1 Å². The van der Waals surface area contributed by atoms with E-state index in [9.17, 15) is 10.4 Å². The lowest BCUT2D eigenvalue weighted by Crippen LogP contribution is -2.17. The van der Waals surface area contributed by atoms with E-state index in [2.05, 4.69) is 24.2 Å². The monoisotopic (exact) mass is 296 g/mol. The Balaban J connectivity index is 2.38. The van der Waals surface area contributed by atoms with E-state index in [1.165, 1.54) is 11.1 Å². The van der Waals surface area contributed by atoms with Crippen LogP contribution in [0.3, 0.4) is 0 Å². The van der Waals surface area contributed by atoms with Crippen LogP contribution in [0.4, 0.5) is 0 Å². The molecule has 4 heteroatoms. The number of rotatable bonds is 5. The summed E-state index contributed by atoms with van der Waals surface area (Å²) in [6.07, 6.45) is 1.87. The van der Waals surface area contributed by atoms with E-state index in [1.54, 1.807) is 0 Å². The second kappa shape index (κ2) is 7.41. The predicted octanol–water partition coefficient (Wildman–Crippen LogP) is 3.87. The number of hydrogen-bond acceptors (Lipinski definition) is 4. The molecular formula is C18H20N2O2. The molecule has 2 rings (SSSR count). The van der Waals surface area contributed by atoms with Gasteiger partial charge in [0.1, 0.15) is 11.4 Å². The smallest absolute Gasteiger partial charge is 0.139 e. The molecule has 0 aromatic heterocycles. The lowest BCUT2D eigenvalue weighted by atomic mass is 9.97. The summed E-state index contributed by atoms with van der Waals surface area (Å²) in [5.74, 6) is 0. The molecule has 2 N–H and O–H groups in total. The molecule has 0 bridgehead atoms. The van der Waals surface area contributed by atoms with Gasteiger partial charge in [0.05, 0.1) is 0 Å². The van der Waals surface area contributed by atoms with Gasteiger partial charge in [-0.05, 0) is 24.0 Å². The highest BCUT2D eigenvalue weighted by Gasteiger charge is 2.16. The third-order valence-corrected chi connectivity index (χ3v) is 3.70. The normalized spacial score (nSPS) is 12.5. The van der Waals surface area contributed by atoms with Gasteiger partial charge in [-0.25, -0.2) is 0 Å². The average Bonchev–Trinajstić information content (AvgIpc) is 2.60. The van der Waals surface area contributed by atoms with Crippen molar-refractivity contribution in [3.05, 3.63) is 70.8 Å². The Hall–Kier alpha value is -2.62. The van der Waals surface area contributed by atoms with Crippen molar-refractivity contribution in [3.63, 3.8) is 0 Å². The van der Waals surface area contributed by atoms with Crippen molar-refractivity contribution in [1.29, 1.82) is 0 Å². The molecule has 0 atom stereocenters. The summed E-state index contributed by atoms with van der Waals surface area (Å²) >= 11 is 0. The molecule has 0 unspecified atom stereocenters. The second-order valence-corrected chi connectivity index (χ2v) is 5.00. The van der Waals surface area contributed by atoms with E-state index in [1.807, 2.05) is 48.5 Å². The standard InChI is InChI=1S/C18H20N2O2/c1-3-13-5-9-15(10-6-13)17(19-21)18(20-22)16-11-7-14(4-2)8-12-16/h5-12,21-22H,3-4H2,1-2H3/b19-17+,20-18+. The van der Waals surface area contributed by atoms with Crippen LogP contribution < -0.4 is 0 Å². The third-order valence-electron chi connectivity index (χ3n) is 3.70. The first kappa shape index (κ1) is 15.8. The van der Waals surface area contributed by atoms with Gasteiger partial charge in [-0.1, -0.05) is 72.7 Å². The van der Waals surface area contributed by atoms with Crippen LogP contribution >= 0.6 is 0 Å². The Labute approximate surface area is 130 Å². The summed E-state index contributed by atoms with van der Waals surface area (Å²) in [5, 5.41) is 25.4. The molecule has 2 aromatic rings. The molecule has 4 nitrogen and oxygen atoms in total. The van der Waals surface area contributed by atoms with Crippen LogP contribution in [-0.4, -0.2) is 21.8 Å². The Morgan fingerprint density at radius 1 is 0.682 bits per heavy atom. The quantitative estimate of drug-likeness (QED) is 0.500. The summed E-state index contributed by atoms with van der Waals surface area (Å²) < 4.78 is 0. The maximum absolute atomic E-state index is 9.37. The highest BCUT2D eigenvalue weighted by molar-refractivity contribution is 6.53. The van der Waals surface area contributed by atoms with Gasteiger partial charge in [0.15, 0.2) is 0 Å². The van der Waals surface area contributed by atoms with Crippen LogP contribution in [0.15, 0.2) is 58.8 Å². The number of hydrogen-bond donors (Lipinski definition) is 2. The lowest BCUT2D eigenvalue weighted by molar-refractivity contribution is 0.314. The second-order valence-electron chi connectivity index (χ2n) is 5.00.